The van der Waals surface area contributed by atoms with E-state index in [-0.39, 0.29) is 5.75 Å². The lowest BCUT2D eigenvalue weighted by Gasteiger charge is -1.96. The van der Waals surface area contributed by atoms with Crippen LogP contribution in [-0.2, 0) is 10.1 Å². The van der Waals surface area contributed by atoms with Gasteiger partial charge in [0.15, 0.2) is 0 Å². The van der Waals surface area contributed by atoms with Gasteiger partial charge in [0, 0.05) is 0 Å². The molecule has 0 aliphatic heterocycles. The average molecular weight is 246 g/mol. The fourth-order valence-corrected chi connectivity index (χ4v) is 0.813. The Morgan fingerprint density at radius 2 is 1.75 bits per heavy atom. The molecule has 0 aliphatic rings. The number of aryl methyl sites for hydroxylation is 1. The molecule has 0 heterocycles. The molecular formula is C10H14O5S. The lowest BCUT2D eigenvalue weighted by Crippen LogP contribution is -1.97. The normalized spacial score (nSPS) is 10.2. The van der Waals surface area contributed by atoms with E-state index < -0.39 is 16.1 Å². The number of hydrogen-bond acceptors (Lipinski definition) is 3. The molecule has 16 heavy (non-hydrogen) atoms. The van der Waals surface area contributed by atoms with Crippen molar-refractivity contribution < 1.29 is 22.9 Å². The van der Waals surface area contributed by atoms with Gasteiger partial charge >= 0.3 is 5.97 Å². The second kappa shape index (κ2) is 6.24. The topological polar surface area (TPSA) is 91.7 Å². The Hall–Kier alpha value is -1.40. The molecule has 0 aliphatic carbocycles. The molecule has 0 aromatic heterocycles. The number of rotatable bonds is 2. The molecule has 0 bridgehead atoms. The summed E-state index contributed by atoms with van der Waals surface area (Å²) in [6, 6.07) is 6.92. The van der Waals surface area contributed by atoms with E-state index in [0.717, 1.165) is 5.56 Å². The summed E-state index contributed by atoms with van der Waals surface area (Å²) in [5.41, 5.74) is 1.18. The third-order valence-corrected chi connectivity index (χ3v) is 2.47. The molecule has 0 amide bonds. The molecule has 90 valence electrons. The average Bonchev–Trinajstić information content (AvgIpc) is 2.18. The van der Waals surface area contributed by atoms with Crippen molar-refractivity contribution in [1.82, 2.24) is 0 Å². The zero-order valence-corrected chi connectivity index (χ0v) is 9.86. The molecule has 6 heteroatoms. The van der Waals surface area contributed by atoms with Crippen LogP contribution in [0, 0.1) is 6.92 Å². The first-order valence-corrected chi connectivity index (χ1v) is 6.13. The maximum atomic E-state index is 10.4. The number of carboxylic acids is 1. The molecule has 0 spiro atoms. The number of carbonyl (C=O) groups is 1. The Balaban J connectivity index is 0.000000325. The largest absolute Gasteiger partial charge is 0.478 e. The molecule has 0 atom stereocenters. The van der Waals surface area contributed by atoms with Crippen molar-refractivity contribution in [3.8, 4) is 0 Å². The maximum Gasteiger partial charge on any atom is 0.335 e. The van der Waals surface area contributed by atoms with Crippen LogP contribution in [-0.4, -0.2) is 29.8 Å². The van der Waals surface area contributed by atoms with Gasteiger partial charge in [-0.1, -0.05) is 18.2 Å². The van der Waals surface area contributed by atoms with Crippen LogP contribution in [0.1, 0.15) is 22.8 Å². The highest BCUT2D eigenvalue weighted by molar-refractivity contribution is 7.85. The first-order chi connectivity index (χ1) is 7.28. The van der Waals surface area contributed by atoms with Crippen LogP contribution in [0.3, 0.4) is 0 Å². The van der Waals surface area contributed by atoms with E-state index in [4.69, 9.17) is 9.66 Å². The van der Waals surface area contributed by atoms with E-state index in [2.05, 4.69) is 0 Å². The van der Waals surface area contributed by atoms with Gasteiger partial charge < -0.3 is 5.11 Å². The van der Waals surface area contributed by atoms with Crippen molar-refractivity contribution in [3.05, 3.63) is 35.4 Å². The van der Waals surface area contributed by atoms with Crippen LogP contribution in [0.25, 0.3) is 0 Å². The van der Waals surface area contributed by atoms with E-state index in [1.165, 1.54) is 6.92 Å². The first kappa shape index (κ1) is 14.6. The fourth-order valence-electron chi connectivity index (χ4n) is 0.813. The van der Waals surface area contributed by atoms with Gasteiger partial charge in [-0.3, -0.25) is 4.55 Å². The summed E-state index contributed by atoms with van der Waals surface area (Å²) in [6.07, 6.45) is 0. The van der Waals surface area contributed by atoms with Crippen LogP contribution in [0.5, 0.6) is 0 Å². The van der Waals surface area contributed by atoms with Crippen molar-refractivity contribution in [2.45, 2.75) is 13.8 Å². The summed E-state index contributed by atoms with van der Waals surface area (Å²) in [4.78, 5) is 10.4. The molecular weight excluding hydrogens is 232 g/mol. The molecule has 1 rings (SSSR count). The van der Waals surface area contributed by atoms with Crippen molar-refractivity contribution >= 4 is 16.1 Å². The fraction of sp³-hybridized carbons (Fsp3) is 0.300. The summed E-state index contributed by atoms with van der Waals surface area (Å²) in [6.45, 7) is 3.15. The predicted octanol–water partition coefficient (Wildman–Crippen LogP) is 1.59. The van der Waals surface area contributed by atoms with E-state index in [0.29, 0.717) is 5.56 Å². The van der Waals surface area contributed by atoms with Crippen molar-refractivity contribution in [1.29, 1.82) is 0 Å². The zero-order valence-electron chi connectivity index (χ0n) is 9.04. The van der Waals surface area contributed by atoms with Gasteiger partial charge in [0.25, 0.3) is 10.1 Å². The SMILES string of the molecule is CCS(=O)(=O)O.Cc1ccccc1C(=O)O. The monoisotopic (exact) mass is 246 g/mol. The minimum Gasteiger partial charge on any atom is -0.478 e. The Bertz CT molecular complexity index is 450. The second-order valence-electron chi connectivity index (χ2n) is 2.99. The summed E-state index contributed by atoms with van der Waals surface area (Å²) in [5.74, 6) is -1.06. The number of benzene rings is 1. The summed E-state index contributed by atoms with van der Waals surface area (Å²) in [7, 11) is -3.66. The van der Waals surface area contributed by atoms with Crippen LogP contribution >= 0.6 is 0 Å². The van der Waals surface area contributed by atoms with E-state index in [1.54, 1.807) is 25.1 Å². The smallest absolute Gasteiger partial charge is 0.335 e. The summed E-state index contributed by atoms with van der Waals surface area (Å²) >= 11 is 0. The van der Waals surface area contributed by atoms with E-state index in [1.807, 2.05) is 6.07 Å². The van der Waals surface area contributed by atoms with Gasteiger partial charge in [-0.25, -0.2) is 4.79 Å². The Kier molecular flexibility index (Phi) is 5.69. The Morgan fingerprint density at radius 3 is 2.00 bits per heavy atom. The van der Waals surface area contributed by atoms with Crippen molar-refractivity contribution in [2.75, 3.05) is 5.75 Å². The molecule has 0 saturated carbocycles. The highest BCUT2D eigenvalue weighted by Gasteiger charge is 2.02. The maximum absolute atomic E-state index is 10.4. The van der Waals surface area contributed by atoms with Gasteiger partial charge in [0.05, 0.1) is 11.3 Å². The van der Waals surface area contributed by atoms with Gasteiger partial charge in [-0.15, -0.1) is 0 Å². The molecule has 5 nitrogen and oxygen atoms in total. The molecule has 1 aromatic carbocycles. The lowest BCUT2D eigenvalue weighted by atomic mass is 10.1. The quantitative estimate of drug-likeness (QED) is 0.773. The summed E-state index contributed by atoms with van der Waals surface area (Å²) < 4.78 is 26.9. The molecule has 2 N–H and O–H groups in total. The summed E-state index contributed by atoms with van der Waals surface area (Å²) in [5, 5.41) is 8.57. The molecule has 1 aromatic rings. The number of hydrogen-bond donors (Lipinski definition) is 2. The Labute approximate surface area is 94.5 Å². The molecule has 0 radical (unpaired) electrons. The molecule has 0 fully saturated rings. The highest BCUT2D eigenvalue weighted by atomic mass is 32.2. The van der Waals surface area contributed by atoms with Crippen LogP contribution in [0.15, 0.2) is 24.3 Å². The van der Waals surface area contributed by atoms with Gasteiger partial charge in [-0.05, 0) is 25.5 Å². The zero-order chi connectivity index (χ0) is 12.8. The predicted molar refractivity (Wildman–Crippen MR) is 60.2 cm³/mol. The van der Waals surface area contributed by atoms with Crippen molar-refractivity contribution in [3.63, 3.8) is 0 Å². The standard InChI is InChI=1S/C8H8O2.C2H6O3S/c1-6-4-2-3-5-7(6)8(9)10;1-2-6(3,4)5/h2-5H,1H3,(H,9,10);2H2,1H3,(H,3,4,5). The van der Waals surface area contributed by atoms with Gasteiger partial charge in [0.1, 0.15) is 0 Å². The van der Waals surface area contributed by atoms with E-state index in [9.17, 15) is 13.2 Å². The van der Waals surface area contributed by atoms with Gasteiger partial charge in [0.2, 0.25) is 0 Å². The third kappa shape index (κ3) is 6.15. The molecule has 0 unspecified atom stereocenters. The molecule has 0 saturated heterocycles. The van der Waals surface area contributed by atoms with Gasteiger partial charge in [-0.2, -0.15) is 8.42 Å². The van der Waals surface area contributed by atoms with Crippen LogP contribution in [0.4, 0.5) is 0 Å². The van der Waals surface area contributed by atoms with Crippen LogP contribution < -0.4 is 0 Å². The van der Waals surface area contributed by atoms with Crippen molar-refractivity contribution in [2.24, 2.45) is 0 Å². The second-order valence-corrected chi connectivity index (χ2v) is 4.73. The Morgan fingerprint density at radius 1 is 1.31 bits per heavy atom. The van der Waals surface area contributed by atoms with E-state index >= 15 is 0 Å². The minimum atomic E-state index is -3.66. The van der Waals surface area contributed by atoms with Crippen LogP contribution in [0.2, 0.25) is 0 Å². The third-order valence-electron chi connectivity index (χ3n) is 1.74. The lowest BCUT2D eigenvalue weighted by molar-refractivity contribution is 0.0696. The first-order valence-electron chi connectivity index (χ1n) is 4.52. The number of aromatic carboxylic acids is 1. The number of carboxylic acid groups (broad SMARTS) is 1. The highest BCUT2D eigenvalue weighted by Crippen LogP contribution is 2.05. The minimum absolute atomic E-state index is 0.201.